The Morgan fingerprint density at radius 1 is 1.12 bits per heavy atom. The summed E-state index contributed by atoms with van der Waals surface area (Å²) in [7, 11) is 0. The Labute approximate surface area is 159 Å². The molecular weight excluding hydrogens is 402 g/mol. The molecule has 0 aliphatic carbocycles. The van der Waals surface area contributed by atoms with Crippen molar-refractivity contribution in [3.8, 4) is 11.3 Å². The smallest absolute Gasteiger partial charge is 0.243 e. The highest BCUT2D eigenvalue weighted by atomic mass is 79.9. The molecule has 1 aliphatic heterocycles. The average molecular weight is 417 g/mol. The molecule has 0 bridgehead atoms. The summed E-state index contributed by atoms with van der Waals surface area (Å²) in [5.41, 5.74) is 4.10. The summed E-state index contributed by atoms with van der Waals surface area (Å²) >= 11 is 9.45. The minimum Gasteiger partial charge on any atom is -0.331 e. The molecule has 4 nitrogen and oxygen atoms in total. The summed E-state index contributed by atoms with van der Waals surface area (Å²) < 4.78 is 2.95. The molecular formula is C19H15BrClN3O. The van der Waals surface area contributed by atoms with Crippen LogP contribution < -0.4 is 0 Å². The third-order valence-corrected chi connectivity index (χ3v) is 5.08. The van der Waals surface area contributed by atoms with Crippen LogP contribution in [0.25, 0.3) is 11.3 Å². The van der Waals surface area contributed by atoms with Gasteiger partial charge >= 0.3 is 0 Å². The van der Waals surface area contributed by atoms with Gasteiger partial charge in [0, 0.05) is 21.6 Å². The van der Waals surface area contributed by atoms with Gasteiger partial charge < -0.3 is 9.47 Å². The Morgan fingerprint density at radius 2 is 1.92 bits per heavy atom. The normalized spacial score (nSPS) is 13.8. The highest BCUT2D eigenvalue weighted by molar-refractivity contribution is 9.10. The average Bonchev–Trinajstić information content (AvgIpc) is 3.00. The van der Waals surface area contributed by atoms with Crippen molar-refractivity contribution >= 4 is 33.4 Å². The van der Waals surface area contributed by atoms with Crippen LogP contribution in [0.15, 0.2) is 59.3 Å². The van der Waals surface area contributed by atoms with Gasteiger partial charge in [-0.05, 0) is 29.8 Å². The van der Waals surface area contributed by atoms with Gasteiger partial charge in [0.15, 0.2) is 0 Å². The van der Waals surface area contributed by atoms with Crippen molar-refractivity contribution in [3.63, 3.8) is 0 Å². The number of halogens is 2. The number of hydrogen-bond donors (Lipinski definition) is 0. The molecule has 0 atom stereocenters. The van der Waals surface area contributed by atoms with Gasteiger partial charge in [-0.2, -0.15) is 0 Å². The van der Waals surface area contributed by atoms with E-state index in [0.29, 0.717) is 24.7 Å². The van der Waals surface area contributed by atoms with Crippen LogP contribution in [0.1, 0.15) is 11.3 Å². The molecule has 2 heterocycles. The van der Waals surface area contributed by atoms with E-state index in [-0.39, 0.29) is 5.91 Å². The SMILES string of the molecule is O=C1Cn2cnc(-c3cccc(Br)c3)c2CN1Cc1ccc(Cl)cc1. The molecule has 25 heavy (non-hydrogen) atoms. The minimum atomic E-state index is 0.0978. The van der Waals surface area contributed by atoms with Crippen LogP contribution in [-0.2, 0) is 24.4 Å². The van der Waals surface area contributed by atoms with E-state index in [1.54, 1.807) is 6.33 Å². The minimum absolute atomic E-state index is 0.0978. The first kappa shape index (κ1) is 16.4. The summed E-state index contributed by atoms with van der Waals surface area (Å²) in [5.74, 6) is 0.0978. The molecule has 0 saturated carbocycles. The van der Waals surface area contributed by atoms with Crippen molar-refractivity contribution in [3.05, 3.63) is 75.6 Å². The molecule has 3 aromatic rings. The Balaban J connectivity index is 1.63. The molecule has 2 aromatic carbocycles. The predicted molar refractivity (Wildman–Crippen MR) is 101 cm³/mol. The number of carbonyl (C=O) groups excluding carboxylic acids is 1. The second-order valence-electron chi connectivity index (χ2n) is 6.05. The second kappa shape index (κ2) is 6.65. The third kappa shape index (κ3) is 3.34. The molecule has 6 heteroatoms. The molecule has 0 unspecified atom stereocenters. The standard InChI is InChI=1S/C19H15BrClN3O/c20-15-3-1-2-14(8-15)19-17-10-23(18(25)11-24(17)12-22-19)9-13-4-6-16(21)7-5-13/h1-8,12H,9-11H2. The number of hydrogen-bond acceptors (Lipinski definition) is 2. The molecule has 1 aliphatic rings. The van der Waals surface area contributed by atoms with Gasteiger partial charge in [0.1, 0.15) is 6.54 Å². The van der Waals surface area contributed by atoms with Gasteiger partial charge in [0.25, 0.3) is 0 Å². The molecule has 4 rings (SSSR count). The second-order valence-corrected chi connectivity index (χ2v) is 7.41. The molecule has 0 saturated heterocycles. The molecule has 0 N–H and O–H groups in total. The Hall–Kier alpha value is -2.11. The fourth-order valence-corrected chi connectivity index (χ4v) is 3.58. The first-order valence-electron chi connectivity index (χ1n) is 7.92. The Kier molecular flexibility index (Phi) is 4.36. The van der Waals surface area contributed by atoms with Gasteiger partial charge in [-0.1, -0.05) is 51.8 Å². The fraction of sp³-hybridized carbons (Fsp3) is 0.158. The van der Waals surface area contributed by atoms with E-state index in [1.165, 1.54) is 0 Å². The number of benzene rings is 2. The van der Waals surface area contributed by atoms with Gasteiger partial charge in [-0.3, -0.25) is 4.79 Å². The lowest BCUT2D eigenvalue weighted by Crippen LogP contribution is -2.38. The Bertz CT molecular complexity index is 936. The molecule has 0 spiro atoms. The van der Waals surface area contributed by atoms with Crippen LogP contribution in [0.3, 0.4) is 0 Å². The fourth-order valence-electron chi connectivity index (χ4n) is 3.06. The summed E-state index contributed by atoms with van der Waals surface area (Å²) in [6.07, 6.45) is 1.75. The van der Waals surface area contributed by atoms with Crippen molar-refractivity contribution in [2.45, 2.75) is 19.6 Å². The van der Waals surface area contributed by atoms with Crippen molar-refractivity contribution in [1.82, 2.24) is 14.5 Å². The van der Waals surface area contributed by atoms with E-state index in [0.717, 1.165) is 27.0 Å². The van der Waals surface area contributed by atoms with E-state index in [2.05, 4.69) is 20.9 Å². The van der Waals surface area contributed by atoms with E-state index in [1.807, 2.05) is 58.0 Å². The topological polar surface area (TPSA) is 38.1 Å². The first-order chi connectivity index (χ1) is 12.1. The summed E-state index contributed by atoms with van der Waals surface area (Å²) in [5, 5.41) is 0.698. The zero-order valence-corrected chi connectivity index (χ0v) is 15.7. The van der Waals surface area contributed by atoms with E-state index < -0.39 is 0 Å². The quantitative estimate of drug-likeness (QED) is 0.630. The molecule has 126 valence electrons. The molecule has 1 amide bonds. The summed E-state index contributed by atoms with van der Waals surface area (Å²) in [4.78, 5) is 18.9. The van der Waals surface area contributed by atoms with Gasteiger partial charge in [0.2, 0.25) is 5.91 Å². The van der Waals surface area contributed by atoms with Crippen molar-refractivity contribution in [1.29, 1.82) is 0 Å². The number of carbonyl (C=O) groups is 1. The van der Waals surface area contributed by atoms with Crippen LogP contribution in [0.5, 0.6) is 0 Å². The maximum Gasteiger partial charge on any atom is 0.243 e. The molecule has 1 aromatic heterocycles. The predicted octanol–water partition coefficient (Wildman–Crippen LogP) is 4.51. The van der Waals surface area contributed by atoms with Crippen molar-refractivity contribution in [2.75, 3.05) is 0 Å². The van der Waals surface area contributed by atoms with E-state index >= 15 is 0 Å². The lowest BCUT2D eigenvalue weighted by molar-refractivity contribution is -0.134. The third-order valence-electron chi connectivity index (χ3n) is 4.33. The van der Waals surface area contributed by atoms with Crippen LogP contribution >= 0.6 is 27.5 Å². The number of imidazole rings is 1. The number of fused-ring (bicyclic) bond motifs is 1. The highest BCUT2D eigenvalue weighted by Crippen LogP contribution is 2.28. The van der Waals surface area contributed by atoms with Gasteiger partial charge in [-0.25, -0.2) is 4.98 Å². The molecule has 0 fully saturated rings. The van der Waals surface area contributed by atoms with Crippen LogP contribution in [0, 0.1) is 0 Å². The maximum absolute atomic E-state index is 12.5. The first-order valence-corrected chi connectivity index (χ1v) is 9.09. The van der Waals surface area contributed by atoms with E-state index in [4.69, 9.17) is 11.6 Å². The summed E-state index contributed by atoms with van der Waals surface area (Å²) in [6, 6.07) is 15.7. The Morgan fingerprint density at radius 3 is 2.68 bits per heavy atom. The number of nitrogens with zero attached hydrogens (tertiary/aromatic N) is 3. The van der Waals surface area contributed by atoms with Gasteiger partial charge in [0.05, 0.1) is 24.3 Å². The largest absolute Gasteiger partial charge is 0.331 e. The monoisotopic (exact) mass is 415 g/mol. The van der Waals surface area contributed by atoms with Crippen molar-refractivity contribution in [2.24, 2.45) is 0 Å². The zero-order chi connectivity index (χ0) is 17.4. The lowest BCUT2D eigenvalue weighted by atomic mass is 10.1. The summed E-state index contributed by atoms with van der Waals surface area (Å²) in [6.45, 7) is 1.44. The van der Waals surface area contributed by atoms with Gasteiger partial charge in [-0.15, -0.1) is 0 Å². The molecule has 0 radical (unpaired) electrons. The number of amides is 1. The number of aromatic nitrogens is 2. The zero-order valence-electron chi connectivity index (χ0n) is 13.3. The maximum atomic E-state index is 12.5. The van der Waals surface area contributed by atoms with Crippen LogP contribution in [-0.4, -0.2) is 20.4 Å². The van der Waals surface area contributed by atoms with E-state index in [9.17, 15) is 4.79 Å². The van der Waals surface area contributed by atoms with Crippen LogP contribution in [0.4, 0.5) is 0 Å². The lowest BCUT2D eigenvalue weighted by Gasteiger charge is -2.29. The van der Waals surface area contributed by atoms with Crippen molar-refractivity contribution < 1.29 is 4.79 Å². The number of rotatable bonds is 3. The van der Waals surface area contributed by atoms with Crippen LogP contribution in [0.2, 0.25) is 5.02 Å². The highest BCUT2D eigenvalue weighted by Gasteiger charge is 2.26.